The van der Waals surface area contributed by atoms with Crippen LogP contribution in [0.2, 0.25) is 0 Å². The van der Waals surface area contributed by atoms with E-state index in [1.54, 1.807) is 30.7 Å². The molecule has 1 aliphatic rings. The van der Waals surface area contributed by atoms with Crippen molar-refractivity contribution < 1.29 is 19.0 Å². The van der Waals surface area contributed by atoms with Crippen molar-refractivity contribution in [1.29, 1.82) is 0 Å². The van der Waals surface area contributed by atoms with Gasteiger partial charge >= 0.3 is 5.97 Å². The van der Waals surface area contributed by atoms with Gasteiger partial charge in [-0.2, -0.15) is 0 Å². The highest BCUT2D eigenvalue weighted by Crippen LogP contribution is 2.36. The summed E-state index contributed by atoms with van der Waals surface area (Å²) in [5.41, 5.74) is 1.38. The number of aryl methyl sites for hydroxylation is 1. The number of hydrogen-bond donors (Lipinski definition) is 1. The lowest BCUT2D eigenvalue weighted by molar-refractivity contribution is -0.139. The summed E-state index contributed by atoms with van der Waals surface area (Å²) in [7, 11) is 1.60. The number of piperidine rings is 1. The topological polar surface area (TPSA) is 62.7 Å². The molecule has 3 aromatic rings. The van der Waals surface area contributed by atoms with Gasteiger partial charge in [0.25, 0.3) is 0 Å². The number of unbranched alkanes of at least 4 members (excludes halogenated alkanes) is 1. The summed E-state index contributed by atoms with van der Waals surface area (Å²) in [5, 5.41) is 12.4. The molecule has 1 N–H and O–H groups in total. The van der Waals surface area contributed by atoms with Crippen LogP contribution in [-0.2, 0) is 11.2 Å². The van der Waals surface area contributed by atoms with E-state index in [9.17, 15) is 9.90 Å². The number of pyridine rings is 1. The van der Waals surface area contributed by atoms with Crippen LogP contribution in [0.3, 0.4) is 0 Å². The minimum atomic E-state index is -1.12. The normalized spacial score (nSPS) is 19.6. The minimum Gasteiger partial charge on any atom is -0.497 e. The van der Waals surface area contributed by atoms with Crippen molar-refractivity contribution in [2.45, 2.75) is 51.1 Å². The molecule has 0 radical (unpaired) electrons. The third kappa shape index (κ3) is 7.01. The van der Waals surface area contributed by atoms with E-state index in [4.69, 9.17) is 4.74 Å². The maximum atomic E-state index is 15.4. The number of thiophene rings is 1. The van der Waals surface area contributed by atoms with Gasteiger partial charge in [-0.05, 0) is 105 Å². The van der Waals surface area contributed by atoms with E-state index in [0.717, 1.165) is 56.2 Å². The van der Waals surface area contributed by atoms with E-state index in [1.165, 1.54) is 4.88 Å². The fourth-order valence-corrected chi connectivity index (χ4v) is 6.10. The predicted octanol–water partition coefficient (Wildman–Crippen LogP) is 6.53. The average Bonchev–Trinajstić information content (AvgIpc) is 3.38. The Morgan fingerprint density at radius 3 is 2.94 bits per heavy atom. The SMILES string of the molecule is COc1ccc2nccc(C(F)CC[C@@H]3CCN(CCCCc4cccs4)C[C@@H]3CC(=O)O)c2c1. The number of alkyl halides is 1. The lowest BCUT2D eigenvalue weighted by Gasteiger charge is -2.38. The van der Waals surface area contributed by atoms with Gasteiger partial charge in [0, 0.05) is 29.4 Å². The number of methoxy groups -OCH3 is 1. The highest BCUT2D eigenvalue weighted by molar-refractivity contribution is 7.09. The highest BCUT2D eigenvalue weighted by atomic mass is 32.1. The van der Waals surface area contributed by atoms with Crippen LogP contribution in [0.25, 0.3) is 10.9 Å². The molecule has 3 heterocycles. The minimum absolute atomic E-state index is 0.0695. The van der Waals surface area contributed by atoms with E-state index in [2.05, 4.69) is 27.4 Å². The van der Waals surface area contributed by atoms with Gasteiger partial charge in [0.1, 0.15) is 11.9 Å². The summed E-state index contributed by atoms with van der Waals surface area (Å²) in [5.74, 6) is 0.223. The zero-order chi connectivity index (χ0) is 24.6. The van der Waals surface area contributed by atoms with Crippen LogP contribution in [0.1, 0.15) is 55.1 Å². The first-order valence-electron chi connectivity index (χ1n) is 12.6. The number of aliphatic carboxylic acids is 1. The molecule has 7 heteroatoms. The number of ether oxygens (including phenoxy) is 1. The molecule has 3 atom stereocenters. The number of carboxylic acid groups (broad SMARTS) is 1. The summed E-state index contributed by atoms with van der Waals surface area (Å²) in [4.78, 5) is 19.8. The lowest BCUT2D eigenvalue weighted by Crippen LogP contribution is -2.41. The maximum Gasteiger partial charge on any atom is 0.303 e. The number of carbonyl (C=O) groups is 1. The summed E-state index contributed by atoms with van der Waals surface area (Å²) in [6.07, 6.45) is 6.08. The first-order valence-corrected chi connectivity index (χ1v) is 13.4. The summed E-state index contributed by atoms with van der Waals surface area (Å²) < 4.78 is 20.8. The van der Waals surface area contributed by atoms with Gasteiger partial charge in [0.2, 0.25) is 0 Å². The molecule has 0 bridgehead atoms. The third-order valence-electron chi connectivity index (χ3n) is 7.25. The van der Waals surface area contributed by atoms with Gasteiger partial charge in [-0.1, -0.05) is 6.07 Å². The van der Waals surface area contributed by atoms with Crippen LogP contribution in [0.4, 0.5) is 4.39 Å². The summed E-state index contributed by atoms with van der Waals surface area (Å²) in [6, 6.07) is 11.6. The molecule has 0 saturated carbocycles. The number of nitrogens with zero attached hydrogens (tertiary/aromatic N) is 2. The van der Waals surface area contributed by atoms with Crippen LogP contribution in [0.15, 0.2) is 48.0 Å². The molecule has 35 heavy (non-hydrogen) atoms. The first-order chi connectivity index (χ1) is 17.0. The van der Waals surface area contributed by atoms with Crippen LogP contribution in [-0.4, -0.2) is 47.7 Å². The number of fused-ring (bicyclic) bond motifs is 1. The Bertz CT molecular complexity index is 1090. The smallest absolute Gasteiger partial charge is 0.303 e. The fourth-order valence-electron chi connectivity index (χ4n) is 5.35. The van der Waals surface area contributed by atoms with Gasteiger partial charge < -0.3 is 14.7 Å². The van der Waals surface area contributed by atoms with Crippen LogP contribution >= 0.6 is 11.3 Å². The molecular formula is C28H35FN2O3S. The molecule has 0 aliphatic carbocycles. The zero-order valence-electron chi connectivity index (χ0n) is 20.4. The van der Waals surface area contributed by atoms with E-state index in [1.807, 2.05) is 18.2 Å². The van der Waals surface area contributed by atoms with Crippen molar-refractivity contribution in [3.05, 3.63) is 58.4 Å². The van der Waals surface area contributed by atoms with E-state index in [0.29, 0.717) is 24.2 Å². The second-order valence-corrected chi connectivity index (χ2v) is 10.6. The predicted molar refractivity (Wildman–Crippen MR) is 139 cm³/mol. The second kappa shape index (κ2) is 12.5. The molecule has 4 rings (SSSR count). The average molecular weight is 499 g/mol. The number of carboxylic acids is 1. The standard InChI is InChI=1S/C28H35FN2O3S/c1-34-22-8-10-27-25(18-22)24(11-13-30-27)26(29)9-7-20-12-15-31(19-21(20)17-28(32)33)14-3-2-5-23-6-4-16-35-23/h4,6,8,10-11,13,16,18,20-21,26H,2-3,5,7,9,12,14-15,17,19H2,1H3,(H,32,33)/t20-,21+,26?/m1/s1. The van der Waals surface area contributed by atoms with Gasteiger partial charge in [0.15, 0.2) is 0 Å². The molecule has 1 unspecified atom stereocenters. The fraction of sp³-hybridized carbons (Fsp3) is 0.500. The number of aromatic nitrogens is 1. The van der Waals surface area contributed by atoms with Gasteiger partial charge in [-0.25, -0.2) is 4.39 Å². The van der Waals surface area contributed by atoms with Crippen LogP contribution < -0.4 is 4.74 Å². The molecule has 0 amide bonds. The monoisotopic (exact) mass is 498 g/mol. The van der Waals surface area contributed by atoms with Gasteiger partial charge in [0.05, 0.1) is 12.6 Å². The quantitative estimate of drug-likeness (QED) is 0.288. The molecule has 1 aromatic carbocycles. The number of halogens is 1. The Kier molecular flexibility index (Phi) is 9.10. The van der Waals surface area contributed by atoms with E-state index >= 15 is 4.39 Å². The number of hydrogen-bond acceptors (Lipinski definition) is 5. The van der Waals surface area contributed by atoms with Crippen LogP contribution in [0, 0.1) is 11.8 Å². The maximum absolute atomic E-state index is 15.4. The second-order valence-electron chi connectivity index (χ2n) is 9.57. The van der Waals surface area contributed by atoms with Crippen LogP contribution in [0.5, 0.6) is 5.75 Å². The Morgan fingerprint density at radius 1 is 1.29 bits per heavy atom. The van der Waals surface area contributed by atoms with Crippen molar-refractivity contribution in [2.24, 2.45) is 11.8 Å². The van der Waals surface area contributed by atoms with E-state index < -0.39 is 12.1 Å². The molecule has 1 fully saturated rings. The van der Waals surface area contributed by atoms with Crippen molar-refractivity contribution in [3.63, 3.8) is 0 Å². The Hall–Kier alpha value is -2.51. The molecular weight excluding hydrogens is 463 g/mol. The van der Waals surface area contributed by atoms with Crippen molar-refractivity contribution in [2.75, 3.05) is 26.7 Å². The molecule has 0 spiro atoms. The lowest BCUT2D eigenvalue weighted by atomic mass is 9.79. The molecule has 1 saturated heterocycles. The zero-order valence-corrected chi connectivity index (χ0v) is 21.2. The molecule has 5 nitrogen and oxygen atoms in total. The molecule has 188 valence electrons. The van der Waals surface area contributed by atoms with Crippen molar-refractivity contribution >= 4 is 28.2 Å². The summed E-state index contributed by atoms with van der Waals surface area (Å²) in [6.45, 7) is 2.76. The number of likely N-dealkylation sites (tertiary alicyclic amines) is 1. The van der Waals surface area contributed by atoms with Crippen molar-refractivity contribution in [1.82, 2.24) is 9.88 Å². The third-order valence-corrected chi connectivity index (χ3v) is 8.19. The van der Waals surface area contributed by atoms with Gasteiger partial charge in [-0.3, -0.25) is 9.78 Å². The molecule has 2 aromatic heterocycles. The van der Waals surface area contributed by atoms with Crippen molar-refractivity contribution in [3.8, 4) is 5.75 Å². The Morgan fingerprint density at radius 2 is 2.17 bits per heavy atom. The molecule has 1 aliphatic heterocycles. The largest absolute Gasteiger partial charge is 0.497 e. The Labute approximate surface area is 210 Å². The Balaban J connectivity index is 1.32. The summed E-state index contributed by atoms with van der Waals surface area (Å²) >= 11 is 1.81. The number of rotatable bonds is 12. The highest BCUT2D eigenvalue weighted by Gasteiger charge is 2.31. The first kappa shape index (κ1) is 25.6. The van der Waals surface area contributed by atoms with E-state index in [-0.39, 0.29) is 18.3 Å². The number of benzene rings is 1. The van der Waals surface area contributed by atoms with Gasteiger partial charge in [-0.15, -0.1) is 11.3 Å².